The monoisotopic (exact) mass is 322 g/mol. The van der Waals surface area contributed by atoms with Gasteiger partial charge in [0.25, 0.3) is 10.0 Å². The molecule has 0 aromatic carbocycles. The lowest BCUT2D eigenvalue weighted by Gasteiger charge is -2.16. The van der Waals surface area contributed by atoms with Gasteiger partial charge in [0.2, 0.25) is 15.4 Å². The van der Waals surface area contributed by atoms with Gasteiger partial charge in [0.1, 0.15) is 6.04 Å². The van der Waals surface area contributed by atoms with Crippen LogP contribution in [0.2, 0.25) is 0 Å². The van der Waals surface area contributed by atoms with Crippen molar-refractivity contribution in [3.8, 4) is 0 Å². The Bertz CT molecular complexity index is 610. The molecule has 1 aromatic heterocycles. The molecule has 0 aliphatic carbocycles. The average Bonchev–Trinajstić information content (AvgIpc) is 2.73. The molecule has 0 aliphatic heterocycles. The molecule has 1 aromatic rings. The molecule has 0 radical (unpaired) electrons. The molecular formula is C9H14N4O5S2. The van der Waals surface area contributed by atoms with Crippen LogP contribution in [0.1, 0.15) is 20.8 Å². The number of nitrogens with zero attached hydrogens (tertiary/aromatic N) is 2. The molecule has 1 unspecified atom stereocenters. The summed E-state index contributed by atoms with van der Waals surface area (Å²) in [7, 11) is -4.10. The summed E-state index contributed by atoms with van der Waals surface area (Å²) in [6, 6.07) is -1.27. The molecule has 1 heterocycles. The number of anilines is 1. The van der Waals surface area contributed by atoms with Gasteiger partial charge in [-0.25, -0.2) is 8.42 Å². The third-order valence-electron chi connectivity index (χ3n) is 2.13. The maximum absolute atomic E-state index is 12.0. The molecule has 112 valence electrons. The van der Waals surface area contributed by atoms with E-state index in [1.54, 1.807) is 13.8 Å². The van der Waals surface area contributed by atoms with E-state index < -0.39 is 38.2 Å². The van der Waals surface area contributed by atoms with Gasteiger partial charge in [0, 0.05) is 6.92 Å². The van der Waals surface area contributed by atoms with E-state index >= 15 is 0 Å². The van der Waals surface area contributed by atoms with Crippen LogP contribution in [0, 0.1) is 5.92 Å². The number of nitrogens with one attached hydrogen (secondary N) is 2. The van der Waals surface area contributed by atoms with Crippen molar-refractivity contribution in [3.63, 3.8) is 0 Å². The molecule has 0 fully saturated rings. The molecule has 0 aliphatic rings. The van der Waals surface area contributed by atoms with E-state index in [4.69, 9.17) is 5.11 Å². The molecule has 3 N–H and O–H groups in total. The predicted octanol–water partition coefficient (Wildman–Crippen LogP) is -0.116. The third-order valence-corrected chi connectivity index (χ3v) is 4.78. The fourth-order valence-electron chi connectivity index (χ4n) is 1.21. The van der Waals surface area contributed by atoms with Crippen molar-refractivity contribution in [1.29, 1.82) is 0 Å². The van der Waals surface area contributed by atoms with Crippen LogP contribution in [-0.2, 0) is 19.6 Å². The lowest BCUT2D eigenvalue weighted by Crippen LogP contribution is -2.44. The van der Waals surface area contributed by atoms with Gasteiger partial charge in [-0.2, -0.15) is 4.72 Å². The van der Waals surface area contributed by atoms with E-state index in [-0.39, 0.29) is 5.13 Å². The zero-order chi connectivity index (χ0) is 15.5. The minimum absolute atomic E-state index is 0.0225. The molecule has 20 heavy (non-hydrogen) atoms. The van der Waals surface area contributed by atoms with Crippen molar-refractivity contribution in [1.82, 2.24) is 14.9 Å². The van der Waals surface area contributed by atoms with Crippen LogP contribution in [0.15, 0.2) is 4.34 Å². The van der Waals surface area contributed by atoms with Crippen molar-refractivity contribution in [2.45, 2.75) is 31.2 Å². The summed E-state index contributed by atoms with van der Waals surface area (Å²) in [6.45, 7) is 4.39. The quantitative estimate of drug-likeness (QED) is 0.621. The number of carboxylic acid groups (broad SMARTS) is 1. The second kappa shape index (κ2) is 6.24. The summed E-state index contributed by atoms with van der Waals surface area (Å²) < 4.78 is 25.6. The van der Waals surface area contributed by atoms with Gasteiger partial charge in [-0.1, -0.05) is 25.2 Å². The Labute approximate surface area is 119 Å². The Kier molecular flexibility index (Phi) is 5.14. The first kappa shape index (κ1) is 16.5. The van der Waals surface area contributed by atoms with Gasteiger partial charge in [-0.15, -0.1) is 10.2 Å². The first-order chi connectivity index (χ1) is 9.13. The fourth-order valence-corrected chi connectivity index (χ4v) is 3.51. The normalized spacial score (nSPS) is 13.2. The highest BCUT2D eigenvalue weighted by Crippen LogP contribution is 2.20. The Hall–Kier alpha value is -1.59. The zero-order valence-electron chi connectivity index (χ0n) is 10.9. The van der Waals surface area contributed by atoms with Crippen molar-refractivity contribution >= 4 is 38.4 Å². The smallest absolute Gasteiger partial charge is 0.322 e. The number of aliphatic carboxylic acids is 1. The summed E-state index contributed by atoms with van der Waals surface area (Å²) in [5.74, 6) is -2.14. The molecule has 0 saturated heterocycles. The summed E-state index contributed by atoms with van der Waals surface area (Å²) in [6.07, 6.45) is 0. The molecule has 11 heteroatoms. The lowest BCUT2D eigenvalue weighted by molar-refractivity contribution is -0.140. The van der Waals surface area contributed by atoms with E-state index in [1.807, 2.05) is 4.72 Å². The summed E-state index contributed by atoms with van der Waals surface area (Å²) >= 11 is 0.636. The standard InChI is InChI=1S/C9H14N4O5S2/c1-4(2)6(7(15)16)13-20(17,18)9-12-11-8(19-9)10-5(3)14/h4,6,13H,1-3H3,(H,15,16)(H,10,11,14). The topological polar surface area (TPSA) is 138 Å². The largest absolute Gasteiger partial charge is 0.480 e. The molecule has 1 amide bonds. The SMILES string of the molecule is CC(=O)Nc1nnc(S(=O)(=O)NC(C(=O)O)C(C)C)s1. The number of hydrogen-bond donors (Lipinski definition) is 3. The molecule has 0 bridgehead atoms. The highest BCUT2D eigenvalue weighted by Gasteiger charge is 2.30. The van der Waals surface area contributed by atoms with Crippen molar-refractivity contribution in [3.05, 3.63) is 0 Å². The van der Waals surface area contributed by atoms with Gasteiger partial charge in [-0.3, -0.25) is 9.59 Å². The maximum Gasteiger partial charge on any atom is 0.322 e. The lowest BCUT2D eigenvalue weighted by atomic mass is 10.1. The van der Waals surface area contributed by atoms with Crippen molar-refractivity contribution in [2.24, 2.45) is 5.92 Å². The average molecular weight is 322 g/mol. The van der Waals surface area contributed by atoms with Crippen LogP contribution in [0.5, 0.6) is 0 Å². The van der Waals surface area contributed by atoms with E-state index in [0.29, 0.717) is 11.3 Å². The Morgan fingerprint density at radius 2 is 1.90 bits per heavy atom. The van der Waals surface area contributed by atoms with E-state index in [1.165, 1.54) is 6.92 Å². The van der Waals surface area contributed by atoms with Crippen LogP contribution < -0.4 is 10.0 Å². The van der Waals surface area contributed by atoms with E-state index in [9.17, 15) is 18.0 Å². The first-order valence-corrected chi connectivity index (χ1v) is 7.79. The molecule has 0 spiro atoms. The molecular weight excluding hydrogens is 308 g/mol. The molecule has 9 nitrogen and oxygen atoms in total. The number of aromatic nitrogens is 2. The van der Waals surface area contributed by atoms with E-state index in [2.05, 4.69) is 15.5 Å². The number of hydrogen-bond acceptors (Lipinski definition) is 7. The predicted molar refractivity (Wildman–Crippen MR) is 70.8 cm³/mol. The first-order valence-electron chi connectivity index (χ1n) is 5.49. The number of rotatable bonds is 6. The summed E-state index contributed by atoms with van der Waals surface area (Å²) in [5, 5.41) is 18.2. The van der Waals surface area contributed by atoms with Gasteiger partial charge in [0.05, 0.1) is 0 Å². The molecule has 1 rings (SSSR count). The van der Waals surface area contributed by atoms with Gasteiger partial charge >= 0.3 is 5.97 Å². The Balaban J connectivity index is 2.96. The zero-order valence-corrected chi connectivity index (χ0v) is 12.6. The maximum atomic E-state index is 12.0. The second-order valence-electron chi connectivity index (χ2n) is 4.24. The minimum Gasteiger partial charge on any atom is -0.480 e. The van der Waals surface area contributed by atoms with Crippen molar-refractivity contribution in [2.75, 3.05) is 5.32 Å². The summed E-state index contributed by atoms with van der Waals surface area (Å²) in [5.41, 5.74) is 0. The van der Waals surface area contributed by atoms with Gasteiger partial charge in [-0.05, 0) is 5.92 Å². The van der Waals surface area contributed by atoms with Crippen LogP contribution in [0.4, 0.5) is 5.13 Å². The molecule has 1 atom stereocenters. The third kappa shape index (κ3) is 4.21. The Morgan fingerprint density at radius 3 is 2.35 bits per heavy atom. The van der Waals surface area contributed by atoms with Crippen LogP contribution in [0.25, 0.3) is 0 Å². The van der Waals surface area contributed by atoms with Crippen molar-refractivity contribution < 1.29 is 23.1 Å². The number of carbonyl (C=O) groups excluding carboxylic acids is 1. The van der Waals surface area contributed by atoms with Crippen LogP contribution in [0.3, 0.4) is 0 Å². The Morgan fingerprint density at radius 1 is 1.30 bits per heavy atom. The number of carboxylic acids is 1. The van der Waals surface area contributed by atoms with E-state index in [0.717, 1.165) is 0 Å². The second-order valence-corrected chi connectivity index (χ2v) is 7.10. The number of amides is 1. The molecule has 0 saturated carbocycles. The summed E-state index contributed by atoms with van der Waals surface area (Å²) in [4.78, 5) is 21.8. The number of carbonyl (C=O) groups is 2. The van der Waals surface area contributed by atoms with Gasteiger partial charge < -0.3 is 10.4 Å². The minimum atomic E-state index is -4.10. The van der Waals surface area contributed by atoms with Crippen LogP contribution in [-0.4, -0.2) is 41.6 Å². The fraction of sp³-hybridized carbons (Fsp3) is 0.556. The highest BCUT2D eigenvalue weighted by atomic mass is 32.2. The number of sulfonamides is 1. The van der Waals surface area contributed by atoms with Gasteiger partial charge in [0.15, 0.2) is 0 Å². The highest BCUT2D eigenvalue weighted by molar-refractivity contribution is 7.91. The van der Waals surface area contributed by atoms with Crippen LogP contribution >= 0.6 is 11.3 Å².